The zero-order valence-electron chi connectivity index (χ0n) is 16.1. The molecule has 1 N–H and O–H groups in total. The molecule has 8 nitrogen and oxygen atoms in total. The minimum Gasteiger partial charge on any atom is -0.410 e. The third kappa shape index (κ3) is 4.59. The maximum Gasteiger partial charge on any atom is 0.277 e. The van der Waals surface area contributed by atoms with E-state index in [4.69, 9.17) is 4.42 Å². The number of rotatable bonds is 7. The number of carbonyl (C=O) groups is 1. The summed E-state index contributed by atoms with van der Waals surface area (Å²) in [6.45, 7) is 2.85. The Bertz CT molecular complexity index is 1110. The fraction of sp³-hybridized carbons (Fsp3) is 0.316. The van der Waals surface area contributed by atoms with Crippen LogP contribution in [0.25, 0.3) is 10.8 Å². The van der Waals surface area contributed by atoms with E-state index < -0.39 is 15.3 Å². The van der Waals surface area contributed by atoms with Crippen molar-refractivity contribution in [2.45, 2.75) is 35.1 Å². The van der Waals surface area contributed by atoms with Crippen LogP contribution in [0.5, 0.6) is 0 Å². The second-order valence-electron chi connectivity index (χ2n) is 6.74. The van der Waals surface area contributed by atoms with Crippen LogP contribution < -0.4 is 5.32 Å². The second-order valence-corrected chi connectivity index (χ2v) is 10.9. The van der Waals surface area contributed by atoms with E-state index in [1.165, 1.54) is 27.8 Å². The van der Waals surface area contributed by atoms with Gasteiger partial charge >= 0.3 is 0 Å². The van der Waals surface area contributed by atoms with Crippen molar-refractivity contribution in [1.82, 2.24) is 14.5 Å². The minimum atomic E-state index is -3.47. The number of benzene rings is 1. The molecule has 2 aromatic heterocycles. The molecule has 0 radical (unpaired) electrons. The molecular formula is C19H20N4O4S3. The number of hydrogen-bond acceptors (Lipinski definition) is 8. The lowest BCUT2D eigenvalue weighted by molar-refractivity contribution is -0.115. The van der Waals surface area contributed by atoms with Gasteiger partial charge in [0.15, 0.2) is 0 Å². The fourth-order valence-corrected chi connectivity index (χ4v) is 5.84. The number of thiophene rings is 1. The number of aromatic nitrogens is 2. The van der Waals surface area contributed by atoms with E-state index in [0.717, 1.165) is 29.5 Å². The van der Waals surface area contributed by atoms with Crippen LogP contribution in [-0.4, -0.2) is 47.2 Å². The summed E-state index contributed by atoms with van der Waals surface area (Å²) >= 11 is 2.66. The van der Waals surface area contributed by atoms with E-state index >= 15 is 0 Å². The van der Waals surface area contributed by atoms with Gasteiger partial charge in [-0.05, 0) is 55.5 Å². The zero-order valence-corrected chi connectivity index (χ0v) is 18.6. The van der Waals surface area contributed by atoms with Gasteiger partial charge in [0, 0.05) is 18.8 Å². The van der Waals surface area contributed by atoms with Gasteiger partial charge in [0.2, 0.25) is 15.9 Å². The first-order valence-electron chi connectivity index (χ1n) is 9.38. The molecule has 158 valence electrons. The molecule has 1 aromatic carbocycles. The number of nitrogens with one attached hydrogen (secondary N) is 1. The highest BCUT2D eigenvalue weighted by Crippen LogP contribution is 2.29. The van der Waals surface area contributed by atoms with E-state index in [9.17, 15) is 13.2 Å². The quantitative estimate of drug-likeness (QED) is 0.532. The Balaban J connectivity index is 1.36. The number of thioether (sulfide) groups is 1. The first kappa shape index (κ1) is 21.0. The Morgan fingerprint density at radius 2 is 1.93 bits per heavy atom. The Kier molecular flexibility index (Phi) is 6.23. The van der Waals surface area contributed by atoms with Crippen LogP contribution in [0.1, 0.15) is 19.8 Å². The predicted molar refractivity (Wildman–Crippen MR) is 116 cm³/mol. The predicted octanol–water partition coefficient (Wildman–Crippen LogP) is 3.70. The Morgan fingerprint density at radius 3 is 2.60 bits per heavy atom. The highest BCUT2D eigenvalue weighted by atomic mass is 32.2. The van der Waals surface area contributed by atoms with Crippen LogP contribution in [0, 0.1) is 0 Å². The fourth-order valence-electron chi connectivity index (χ4n) is 2.99. The number of carbonyl (C=O) groups excluding carboxylic acids is 1. The molecule has 3 aromatic rings. The Morgan fingerprint density at radius 1 is 1.20 bits per heavy atom. The molecule has 11 heteroatoms. The van der Waals surface area contributed by atoms with Crippen molar-refractivity contribution in [2.75, 3.05) is 18.4 Å². The Labute approximate surface area is 182 Å². The summed E-state index contributed by atoms with van der Waals surface area (Å²) in [5, 5.41) is 12.5. The van der Waals surface area contributed by atoms with Crippen molar-refractivity contribution < 1.29 is 17.6 Å². The first-order chi connectivity index (χ1) is 14.4. The minimum absolute atomic E-state index is 0.233. The van der Waals surface area contributed by atoms with Crippen molar-refractivity contribution in [3.05, 3.63) is 41.8 Å². The molecule has 30 heavy (non-hydrogen) atoms. The van der Waals surface area contributed by atoms with Gasteiger partial charge in [0.1, 0.15) is 0 Å². The Hall–Kier alpha value is -2.21. The average Bonchev–Trinajstić information content (AvgIpc) is 3.49. The van der Waals surface area contributed by atoms with Gasteiger partial charge in [-0.3, -0.25) is 4.79 Å². The zero-order chi connectivity index (χ0) is 21.1. The molecule has 1 unspecified atom stereocenters. The maximum atomic E-state index is 12.6. The van der Waals surface area contributed by atoms with Crippen molar-refractivity contribution in [3.63, 3.8) is 0 Å². The van der Waals surface area contributed by atoms with Crippen LogP contribution in [0.15, 0.2) is 56.3 Å². The molecule has 1 aliphatic heterocycles. The second kappa shape index (κ2) is 8.88. The summed E-state index contributed by atoms with van der Waals surface area (Å²) in [5.74, 6) is 0.181. The molecule has 1 fully saturated rings. The van der Waals surface area contributed by atoms with Gasteiger partial charge in [-0.15, -0.1) is 21.5 Å². The SMILES string of the molecule is CC(Sc1nnc(-c2cccs2)o1)C(=O)Nc1ccc(S(=O)(=O)N2CCCC2)cc1. The van der Waals surface area contributed by atoms with Crippen molar-refractivity contribution in [3.8, 4) is 10.8 Å². The van der Waals surface area contributed by atoms with E-state index in [0.29, 0.717) is 29.9 Å². The van der Waals surface area contributed by atoms with Gasteiger partial charge < -0.3 is 9.73 Å². The standard InChI is InChI=1S/C19H20N4O4S3/c1-13(29-19-22-21-18(27-19)16-5-4-12-28-16)17(24)20-14-6-8-15(9-7-14)30(25,26)23-10-2-3-11-23/h4-9,12-13H,2-3,10-11H2,1H3,(H,20,24). The summed E-state index contributed by atoms with van der Waals surface area (Å²) in [6, 6.07) is 10.0. The molecule has 0 saturated carbocycles. The maximum absolute atomic E-state index is 12.6. The van der Waals surface area contributed by atoms with Crippen LogP contribution in [0.3, 0.4) is 0 Å². The molecule has 0 spiro atoms. The van der Waals surface area contributed by atoms with E-state index in [1.54, 1.807) is 19.1 Å². The lowest BCUT2D eigenvalue weighted by Gasteiger charge is -2.16. The highest BCUT2D eigenvalue weighted by molar-refractivity contribution is 8.00. The summed E-state index contributed by atoms with van der Waals surface area (Å²) in [6.07, 6.45) is 1.77. The first-order valence-corrected chi connectivity index (χ1v) is 12.6. The normalized spacial score (nSPS) is 15.9. The van der Waals surface area contributed by atoms with Gasteiger partial charge in [-0.1, -0.05) is 17.8 Å². The van der Waals surface area contributed by atoms with Gasteiger partial charge in [0.25, 0.3) is 11.1 Å². The molecule has 1 saturated heterocycles. The van der Waals surface area contributed by atoms with Gasteiger partial charge in [-0.2, -0.15) is 4.31 Å². The lowest BCUT2D eigenvalue weighted by atomic mass is 10.3. The van der Waals surface area contributed by atoms with E-state index in [-0.39, 0.29) is 10.8 Å². The van der Waals surface area contributed by atoms with Crippen LogP contribution in [0.2, 0.25) is 0 Å². The lowest BCUT2D eigenvalue weighted by Crippen LogP contribution is -2.27. The summed E-state index contributed by atoms with van der Waals surface area (Å²) in [4.78, 5) is 13.6. The number of hydrogen-bond donors (Lipinski definition) is 1. The monoisotopic (exact) mass is 464 g/mol. The van der Waals surface area contributed by atoms with Crippen molar-refractivity contribution >= 4 is 44.7 Å². The summed E-state index contributed by atoms with van der Waals surface area (Å²) < 4.78 is 32.3. The van der Waals surface area contributed by atoms with Crippen LogP contribution in [-0.2, 0) is 14.8 Å². The third-order valence-electron chi connectivity index (χ3n) is 4.61. The largest absolute Gasteiger partial charge is 0.410 e. The van der Waals surface area contributed by atoms with Crippen LogP contribution in [0.4, 0.5) is 5.69 Å². The van der Waals surface area contributed by atoms with Crippen molar-refractivity contribution in [1.29, 1.82) is 0 Å². The molecular weight excluding hydrogens is 444 g/mol. The molecule has 1 amide bonds. The van der Waals surface area contributed by atoms with Gasteiger partial charge in [0.05, 0.1) is 15.0 Å². The molecule has 1 aliphatic rings. The molecule has 0 bridgehead atoms. The molecule has 0 aliphatic carbocycles. The summed E-state index contributed by atoms with van der Waals surface area (Å²) in [5.41, 5.74) is 0.526. The third-order valence-corrected chi connectivity index (χ3v) is 8.31. The van der Waals surface area contributed by atoms with E-state index in [2.05, 4.69) is 15.5 Å². The smallest absolute Gasteiger partial charge is 0.277 e. The topological polar surface area (TPSA) is 105 Å². The number of amides is 1. The summed E-state index contributed by atoms with van der Waals surface area (Å²) in [7, 11) is -3.47. The molecule has 1 atom stereocenters. The van der Waals surface area contributed by atoms with E-state index in [1.807, 2.05) is 17.5 Å². The molecule has 4 rings (SSSR count). The number of anilines is 1. The highest BCUT2D eigenvalue weighted by Gasteiger charge is 2.27. The van der Waals surface area contributed by atoms with Gasteiger partial charge in [-0.25, -0.2) is 8.42 Å². The number of sulfonamides is 1. The molecule has 3 heterocycles. The van der Waals surface area contributed by atoms with Crippen LogP contribution >= 0.6 is 23.1 Å². The average molecular weight is 465 g/mol. The number of nitrogens with zero attached hydrogens (tertiary/aromatic N) is 3. The van der Waals surface area contributed by atoms with Crippen molar-refractivity contribution in [2.24, 2.45) is 0 Å².